The molecule has 1 aromatic carbocycles. The summed E-state index contributed by atoms with van der Waals surface area (Å²) in [5.41, 5.74) is 2.07. The predicted molar refractivity (Wildman–Crippen MR) is 65.0 cm³/mol. The van der Waals surface area contributed by atoms with Crippen molar-refractivity contribution in [3.63, 3.8) is 0 Å². The monoisotopic (exact) mass is 241 g/mol. The predicted octanol–water partition coefficient (Wildman–Crippen LogP) is 2.07. The van der Waals surface area contributed by atoms with E-state index in [0.29, 0.717) is 13.2 Å². The quantitative estimate of drug-likeness (QED) is 0.848. The van der Waals surface area contributed by atoms with Crippen molar-refractivity contribution < 1.29 is 9.84 Å². The number of hydrogen-bond donors (Lipinski definition) is 2. The van der Waals surface area contributed by atoms with Crippen LogP contribution in [-0.2, 0) is 4.74 Å². The number of benzene rings is 1. The maximum Gasteiger partial charge on any atom is 0.0584 e. The Morgan fingerprint density at radius 3 is 2.75 bits per heavy atom. The summed E-state index contributed by atoms with van der Waals surface area (Å²) >= 11 is 5.88. The molecule has 1 fully saturated rings. The number of aliphatic hydroxyl groups is 1. The molecule has 1 saturated heterocycles. The number of nitrogens with one attached hydrogen (secondary N) is 1. The Bertz CT molecular complexity index is 372. The largest absolute Gasteiger partial charge is 0.396 e. The standard InChI is InChI=1S/C12H16ClNO2/c1-9-4-10(13)2-3-11(9)14-5-12(6-15)7-16-8-12/h2-4,14-15H,5-8H2,1H3. The van der Waals surface area contributed by atoms with Crippen LogP contribution in [0.3, 0.4) is 0 Å². The van der Waals surface area contributed by atoms with Crippen LogP contribution in [0.1, 0.15) is 5.56 Å². The van der Waals surface area contributed by atoms with Crippen LogP contribution in [0.25, 0.3) is 0 Å². The highest BCUT2D eigenvalue weighted by atomic mass is 35.5. The van der Waals surface area contributed by atoms with Crippen LogP contribution < -0.4 is 5.32 Å². The van der Waals surface area contributed by atoms with Crippen LogP contribution in [-0.4, -0.2) is 31.5 Å². The molecule has 0 bridgehead atoms. The Labute approximate surface area is 100 Å². The van der Waals surface area contributed by atoms with E-state index in [-0.39, 0.29) is 12.0 Å². The first-order chi connectivity index (χ1) is 7.65. The smallest absolute Gasteiger partial charge is 0.0584 e. The van der Waals surface area contributed by atoms with Gasteiger partial charge in [0.05, 0.1) is 25.2 Å². The van der Waals surface area contributed by atoms with Gasteiger partial charge in [-0.1, -0.05) is 11.6 Å². The molecule has 0 radical (unpaired) electrons. The van der Waals surface area contributed by atoms with E-state index in [1.165, 1.54) is 0 Å². The van der Waals surface area contributed by atoms with Crippen molar-refractivity contribution >= 4 is 17.3 Å². The minimum absolute atomic E-state index is 0.105. The molecular weight excluding hydrogens is 226 g/mol. The molecule has 0 aliphatic carbocycles. The Kier molecular flexibility index (Phi) is 3.38. The number of aryl methyl sites for hydroxylation is 1. The molecule has 2 N–H and O–H groups in total. The zero-order valence-corrected chi connectivity index (χ0v) is 10.0. The fourth-order valence-corrected chi connectivity index (χ4v) is 1.97. The van der Waals surface area contributed by atoms with Crippen molar-refractivity contribution in [3.8, 4) is 0 Å². The van der Waals surface area contributed by atoms with Crippen molar-refractivity contribution in [2.75, 3.05) is 31.7 Å². The highest BCUT2D eigenvalue weighted by Crippen LogP contribution is 2.28. The molecule has 0 spiro atoms. The molecule has 0 saturated carbocycles. The number of halogens is 1. The minimum Gasteiger partial charge on any atom is -0.396 e. The summed E-state index contributed by atoms with van der Waals surface area (Å²) in [4.78, 5) is 0. The van der Waals surface area contributed by atoms with Crippen molar-refractivity contribution in [2.45, 2.75) is 6.92 Å². The van der Waals surface area contributed by atoms with Gasteiger partial charge in [-0.05, 0) is 30.7 Å². The first-order valence-corrected chi connectivity index (χ1v) is 5.72. The lowest BCUT2D eigenvalue weighted by Crippen LogP contribution is -2.50. The third-order valence-corrected chi connectivity index (χ3v) is 3.23. The molecule has 0 amide bonds. The summed E-state index contributed by atoms with van der Waals surface area (Å²) in [5.74, 6) is 0. The van der Waals surface area contributed by atoms with Crippen molar-refractivity contribution in [1.82, 2.24) is 0 Å². The molecular formula is C12H16ClNO2. The molecule has 0 atom stereocenters. The number of anilines is 1. The van der Waals surface area contributed by atoms with Gasteiger partial charge in [-0.15, -0.1) is 0 Å². The van der Waals surface area contributed by atoms with Gasteiger partial charge in [0.1, 0.15) is 0 Å². The van der Waals surface area contributed by atoms with Crippen molar-refractivity contribution in [2.24, 2.45) is 5.41 Å². The molecule has 0 aromatic heterocycles. The maximum absolute atomic E-state index is 9.29. The van der Waals surface area contributed by atoms with Gasteiger partial charge >= 0.3 is 0 Å². The molecule has 4 heteroatoms. The van der Waals surface area contributed by atoms with Gasteiger partial charge in [0.25, 0.3) is 0 Å². The highest BCUT2D eigenvalue weighted by Gasteiger charge is 2.37. The number of rotatable bonds is 4. The van der Waals surface area contributed by atoms with Gasteiger partial charge in [0.15, 0.2) is 0 Å². The molecule has 1 aliphatic rings. The molecule has 16 heavy (non-hydrogen) atoms. The van der Waals surface area contributed by atoms with Crippen LogP contribution in [0.2, 0.25) is 5.02 Å². The third-order valence-electron chi connectivity index (χ3n) is 2.99. The van der Waals surface area contributed by atoms with Gasteiger partial charge in [0, 0.05) is 17.3 Å². The van der Waals surface area contributed by atoms with Crippen LogP contribution in [0.4, 0.5) is 5.69 Å². The molecule has 2 rings (SSSR count). The Morgan fingerprint density at radius 2 is 2.25 bits per heavy atom. The van der Waals surface area contributed by atoms with Gasteiger partial charge in [-0.3, -0.25) is 0 Å². The highest BCUT2D eigenvalue weighted by molar-refractivity contribution is 6.30. The summed E-state index contributed by atoms with van der Waals surface area (Å²) in [6, 6.07) is 5.74. The fraction of sp³-hybridized carbons (Fsp3) is 0.500. The lowest BCUT2D eigenvalue weighted by Gasteiger charge is -2.40. The zero-order valence-electron chi connectivity index (χ0n) is 9.29. The Hall–Kier alpha value is -0.770. The van der Waals surface area contributed by atoms with Crippen molar-refractivity contribution in [3.05, 3.63) is 28.8 Å². The number of aliphatic hydroxyl groups excluding tert-OH is 1. The lowest BCUT2D eigenvalue weighted by atomic mass is 9.87. The van der Waals surface area contributed by atoms with Crippen LogP contribution in [0.5, 0.6) is 0 Å². The summed E-state index contributed by atoms with van der Waals surface area (Å²) in [6.45, 7) is 4.15. The van der Waals surface area contributed by atoms with Crippen LogP contribution >= 0.6 is 11.6 Å². The fourth-order valence-electron chi connectivity index (χ4n) is 1.75. The van der Waals surface area contributed by atoms with Gasteiger partial charge in [0.2, 0.25) is 0 Å². The van der Waals surface area contributed by atoms with E-state index in [0.717, 1.165) is 22.8 Å². The van der Waals surface area contributed by atoms with E-state index in [1.807, 2.05) is 25.1 Å². The second-order valence-corrected chi connectivity index (χ2v) is 4.90. The van der Waals surface area contributed by atoms with E-state index < -0.39 is 0 Å². The first kappa shape index (κ1) is 11.7. The third kappa shape index (κ3) is 2.32. The van der Waals surface area contributed by atoms with E-state index in [2.05, 4.69) is 5.32 Å². The van der Waals surface area contributed by atoms with Crippen LogP contribution in [0, 0.1) is 12.3 Å². The maximum atomic E-state index is 9.29. The van der Waals surface area contributed by atoms with E-state index in [1.54, 1.807) is 0 Å². The SMILES string of the molecule is Cc1cc(Cl)ccc1NCC1(CO)COC1. The normalized spacial score (nSPS) is 17.9. The number of hydrogen-bond acceptors (Lipinski definition) is 3. The molecule has 3 nitrogen and oxygen atoms in total. The van der Waals surface area contributed by atoms with Gasteiger partial charge in [-0.25, -0.2) is 0 Å². The average Bonchev–Trinajstić information content (AvgIpc) is 2.19. The Morgan fingerprint density at radius 1 is 1.50 bits per heavy atom. The van der Waals surface area contributed by atoms with E-state index in [9.17, 15) is 5.11 Å². The Balaban J connectivity index is 1.99. The van der Waals surface area contributed by atoms with Crippen LogP contribution in [0.15, 0.2) is 18.2 Å². The molecule has 1 heterocycles. The zero-order chi connectivity index (χ0) is 11.6. The number of ether oxygens (including phenoxy) is 1. The van der Waals surface area contributed by atoms with Gasteiger partial charge in [-0.2, -0.15) is 0 Å². The average molecular weight is 242 g/mol. The second-order valence-electron chi connectivity index (χ2n) is 4.46. The van der Waals surface area contributed by atoms with Crippen molar-refractivity contribution in [1.29, 1.82) is 0 Å². The summed E-state index contributed by atoms with van der Waals surface area (Å²) in [5, 5.41) is 13.4. The van der Waals surface area contributed by atoms with E-state index in [4.69, 9.17) is 16.3 Å². The molecule has 88 valence electrons. The van der Waals surface area contributed by atoms with Gasteiger partial charge < -0.3 is 15.2 Å². The summed E-state index contributed by atoms with van der Waals surface area (Å²) < 4.78 is 5.15. The summed E-state index contributed by atoms with van der Waals surface area (Å²) in [6.07, 6.45) is 0. The molecule has 1 aliphatic heterocycles. The molecule has 1 aromatic rings. The second kappa shape index (κ2) is 4.62. The first-order valence-electron chi connectivity index (χ1n) is 5.34. The molecule has 0 unspecified atom stereocenters. The van der Waals surface area contributed by atoms with E-state index >= 15 is 0 Å². The summed E-state index contributed by atoms with van der Waals surface area (Å²) in [7, 11) is 0. The minimum atomic E-state index is -0.105. The topological polar surface area (TPSA) is 41.5 Å². The lowest BCUT2D eigenvalue weighted by molar-refractivity contribution is -0.128.